The predicted octanol–water partition coefficient (Wildman–Crippen LogP) is 2.68. The van der Waals surface area contributed by atoms with Crippen LogP contribution in [0.3, 0.4) is 0 Å². The third kappa shape index (κ3) is 3.19. The maximum Gasteiger partial charge on any atom is 0.330 e. The summed E-state index contributed by atoms with van der Waals surface area (Å²) < 4.78 is 5.31. The smallest absolute Gasteiger partial charge is 0.330 e. The fraction of sp³-hybridized carbons (Fsp3) is 0.533. The van der Waals surface area contributed by atoms with Crippen molar-refractivity contribution in [2.45, 2.75) is 19.4 Å². The van der Waals surface area contributed by atoms with Crippen LogP contribution in [0.5, 0.6) is 0 Å². The van der Waals surface area contributed by atoms with Gasteiger partial charge in [-0.3, -0.25) is 4.90 Å². The van der Waals surface area contributed by atoms with E-state index in [1.54, 1.807) is 13.0 Å². The zero-order chi connectivity index (χ0) is 15.5. The Hall–Kier alpha value is -0.810. The number of hydrogen-bond acceptors (Lipinski definition) is 4. The van der Waals surface area contributed by atoms with E-state index >= 15 is 0 Å². The maximum absolute atomic E-state index is 12.6. The summed E-state index contributed by atoms with van der Waals surface area (Å²) in [4.78, 5) is 14.7. The Labute approximate surface area is 135 Å². The lowest BCUT2D eigenvalue weighted by Crippen LogP contribution is -2.57. The van der Waals surface area contributed by atoms with E-state index in [1.807, 2.05) is 19.1 Å². The zero-order valence-electron chi connectivity index (χ0n) is 12.3. The number of halogens is 2. The van der Waals surface area contributed by atoms with E-state index in [1.165, 1.54) is 0 Å². The standard InChI is InChI=1S/C15H20Cl2N2O2/c1-3-21-14(20)15(2,19-9-7-18-8-10-19)11-5-4-6-12(16)13(11)17/h4-6,18H,3,7-10H2,1-2H3. The van der Waals surface area contributed by atoms with Crippen molar-refractivity contribution in [3.8, 4) is 0 Å². The van der Waals surface area contributed by atoms with Gasteiger partial charge in [-0.25, -0.2) is 4.79 Å². The van der Waals surface area contributed by atoms with Crippen molar-refractivity contribution in [1.29, 1.82) is 0 Å². The molecule has 1 saturated heterocycles. The molecule has 0 spiro atoms. The van der Waals surface area contributed by atoms with E-state index in [9.17, 15) is 4.79 Å². The van der Waals surface area contributed by atoms with Gasteiger partial charge in [0.2, 0.25) is 0 Å². The first kappa shape index (κ1) is 16.6. The molecular weight excluding hydrogens is 311 g/mol. The molecular formula is C15H20Cl2N2O2. The number of nitrogens with one attached hydrogen (secondary N) is 1. The predicted molar refractivity (Wildman–Crippen MR) is 84.9 cm³/mol. The van der Waals surface area contributed by atoms with Gasteiger partial charge >= 0.3 is 5.97 Å². The van der Waals surface area contributed by atoms with Crippen LogP contribution in [0.15, 0.2) is 18.2 Å². The van der Waals surface area contributed by atoms with E-state index in [0.29, 0.717) is 22.2 Å². The minimum Gasteiger partial charge on any atom is -0.464 e. The van der Waals surface area contributed by atoms with Crippen molar-refractivity contribution >= 4 is 29.2 Å². The lowest BCUT2D eigenvalue weighted by Gasteiger charge is -2.42. The summed E-state index contributed by atoms with van der Waals surface area (Å²) in [5.74, 6) is -0.295. The van der Waals surface area contributed by atoms with Gasteiger partial charge in [0.25, 0.3) is 0 Å². The molecule has 0 aromatic heterocycles. The monoisotopic (exact) mass is 330 g/mol. The van der Waals surface area contributed by atoms with Crippen LogP contribution in [0.1, 0.15) is 19.4 Å². The number of esters is 1. The van der Waals surface area contributed by atoms with Crippen LogP contribution in [0, 0.1) is 0 Å². The number of hydrogen-bond donors (Lipinski definition) is 1. The number of nitrogens with zero attached hydrogens (tertiary/aromatic N) is 1. The van der Waals surface area contributed by atoms with Crippen molar-refractivity contribution in [2.24, 2.45) is 0 Å². The molecule has 1 N–H and O–H groups in total. The van der Waals surface area contributed by atoms with Gasteiger partial charge in [-0.15, -0.1) is 0 Å². The first-order valence-corrected chi connectivity index (χ1v) is 7.85. The molecule has 1 aliphatic heterocycles. The van der Waals surface area contributed by atoms with Crippen molar-refractivity contribution in [2.75, 3.05) is 32.8 Å². The number of ether oxygens (including phenoxy) is 1. The first-order chi connectivity index (χ1) is 10.0. The average Bonchev–Trinajstić information content (AvgIpc) is 2.50. The molecule has 0 radical (unpaired) electrons. The van der Waals surface area contributed by atoms with Gasteiger partial charge in [0.15, 0.2) is 0 Å². The highest BCUT2D eigenvalue weighted by Crippen LogP contribution is 2.38. The lowest BCUT2D eigenvalue weighted by atomic mass is 9.89. The summed E-state index contributed by atoms with van der Waals surface area (Å²) >= 11 is 12.5. The van der Waals surface area contributed by atoms with Gasteiger partial charge in [0, 0.05) is 31.7 Å². The topological polar surface area (TPSA) is 41.6 Å². The average molecular weight is 331 g/mol. The van der Waals surface area contributed by atoms with Crippen LogP contribution in [0.2, 0.25) is 10.0 Å². The zero-order valence-corrected chi connectivity index (χ0v) is 13.8. The Morgan fingerprint density at radius 2 is 2.05 bits per heavy atom. The van der Waals surface area contributed by atoms with E-state index in [0.717, 1.165) is 26.2 Å². The molecule has 21 heavy (non-hydrogen) atoms. The first-order valence-electron chi connectivity index (χ1n) is 7.09. The maximum atomic E-state index is 12.6. The number of rotatable bonds is 4. The molecule has 116 valence electrons. The Morgan fingerprint density at radius 1 is 1.38 bits per heavy atom. The molecule has 6 heteroatoms. The molecule has 1 unspecified atom stereocenters. The Kier molecular flexibility index (Phi) is 5.49. The normalized spacial score (nSPS) is 19.0. The van der Waals surface area contributed by atoms with Crippen molar-refractivity contribution < 1.29 is 9.53 Å². The molecule has 0 amide bonds. The molecule has 1 heterocycles. The third-order valence-corrected chi connectivity index (χ3v) is 4.72. The van der Waals surface area contributed by atoms with Gasteiger partial charge in [-0.1, -0.05) is 35.3 Å². The highest BCUT2D eigenvalue weighted by Gasteiger charge is 2.44. The molecule has 1 fully saturated rings. The van der Waals surface area contributed by atoms with E-state index in [4.69, 9.17) is 27.9 Å². The second kappa shape index (κ2) is 6.97. The van der Waals surface area contributed by atoms with Gasteiger partial charge in [-0.2, -0.15) is 0 Å². The fourth-order valence-electron chi connectivity index (χ4n) is 2.67. The van der Waals surface area contributed by atoms with Crippen LogP contribution in [0.4, 0.5) is 0 Å². The molecule has 1 aliphatic rings. The summed E-state index contributed by atoms with van der Waals surface area (Å²) in [5, 5.41) is 4.14. The largest absolute Gasteiger partial charge is 0.464 e. The summed E-state index contributed by atoms with van der Waals surface area (Å²) in [5.41, 5.74) is -0.239. The second-order valence-electron chi connectivity index (χ2n) is 5.13. The van der Waals surface area contributed by atoms with Crippen LogP contribution in [-0.2, 0) is 15.1 Å². The summed E-state index contributed by atoms with van der Waals surface area (Å²) in [7, 11) is 0. The van der Waals surface area contributed by atoms with Crippen molar-refractivity contribution in [1.82, 2.24) is 10.2 Å². The quantitative estimate of drug-likeness (QED) is 0.862. The SMILES string of the molecule is CCOC(=O)C(C)(c1cccc(Cl)c1Cl)N1CCNCC1. The number of carbonyl (C=O) groups is 1. The highest BCUT2D eigenvalue weighted by atomic mass is 35.5. The Balaban J connectivity index is 2.48. The van der Waals surface area contributed by atoms with Crippen LogP contribution in [0.25, 0.3) is 0 Å². The summed E-state index contributed by atoms with van der Waals surface area (Å²) in [6, 6.07) is 5.37. The second-order valence-corrected chi connectivity index (χ2v) is 5.92. The van der Waals surface area contributed by atoms with Crippen LogP contribution >= 0.6 is 23.2 Å². The molecule has 1 aromatic rings. The van der Waals surface area contributed by atoms with E-state index in [-0.39, 0.29) is 5.97 Å². The van der Waals surface area contributed by atoms with Crippen LogP contribution < -0.4 is 5.32 Å². The van der Waals surface area contributed by atoms with Gasteiger partial charge in [0.05, 0.1) is 16.7 Å². The number of piperazine rings is 1. The molecule has 1 atom stereocenters. The lowest BCUT2D eigenvalue weighted by molar-refractivity contribution is -0.158. The Morgan fingerprint density at radius 3 is 2.67 bits per heavy atom. The highest BCUT2D eigenvalue weighted by molar-refractivity contribution is 6.42. The molecule has 0 saturated carbocycles. The molecule has 2 rings (SSSR count). The number of carbonyl (C=O) groups excluding carboxylic acids is 1. The third-order valence-electron chi connectivity index (χ3n) is 3.90. The molecule has 1 aromatic carbocycles. The summed E-state index contributed by atoms with van der Waals surface area (Å²) in [6.07, 6.45) is 0. The Bertz CT molecular complexity index is 518. The molecule has 0 bridgehead atoms. The van der Waals surface area contributed by atoms with Crippen molar-refractivity contribution in [3.05, 3.63) is 33.8 Å². The van der Waals surface area contributed by atoms with Gasteiger partial charge in [0.1, 0.15) is 5.54 Å². The van der Waals surface area contributed by atoms with E-state index < -0.39 is 5.54 Å². The molecule has 0 aliphatic carbocycles. The molecule has 4 nitrogen and oxygen atoms in total. The fourth-order valence-corrected chi connectivity index (χ4v) is 3.16. The minimum atomic E-state index is -0.930. The van der Waals surface area contributed by atoms with E-state index in [2.05, 4.69) is 10.2 Å². The van der Waals surface area contributed by atoms with Gasteiger partial charge < -0.3 is 10.1 Å². The summed E-state index contributed by atoms with van der Waals surface area (Å²) in [6.45, 7) is 7.14. The minimum absolute atomic E-state index is 0.295. The van der Waals surface area contributed by atoms with Crippen molar-refractivity contribution in [3.63, 3.8) is 0 Å². The number of benzene rings is 1. The van der Waals surface area contributed by atoms with Crippen LogP contribution in [-0.4, -0.2) is 43.7 Å². The van der Waals surface area contributed by atoms with Gasteiger partial charge in [-0.05, 0) is 19.9 Å².